The molecule has 0 aliphatic rings. The Balaban J connectivity index is 3.31. The molecule has 1 atom stereocenters. The summed E-state index contributed by atoms with van der Waals surface area (Å²) in [5.41, 5.74) is -1.40. The highest BCUT2D eigenvalue weighted by molar-refractivity contribution is 7.89. The van der Waals surface area contributed by atoms with Gasteiger partial charge in [0.15, 0.2) is 0 Å². The van der Waals surface area contributed by atoms with Crippen LogP contribution in [0.15, 0.2) is 23.1 Å². The van der Waals surface area contributed by atoms with Crippen molar-refractivity contribution in [1.29, 1.82) is 5.26 Å². The van der Waals surface area contributed by atoms with Gasteiger partial charge in [0.25, 0.3) is 0 Å². The molecule has 1 aromatic rings. The van der Waals surface area contributed by atoms with E-state index in [0.29, 0.717) is 0 Å². The lowest BCUT2D eigenvalue weighted by Crippen LogP contribution is -2.37. The molecule has 0 aliphatic heterocycles. The van der Waals surface area contributed by atoms with Gasteiger partial charge in [-0.25, -0.2) is 8.42 Å². The Labute approximate surface area is 121 Å². The van der Waals surface area contributed by atoms with E-state index in [-0.39, 0.29) is 5.92 Å². The predicted molar refractivity (Wildman–Crippen MR) is 70.7 cm³/mol. The summed E-state index contributed by atoms with van der Waals surface area (Å²) in [5, 5.41) is 8.90. The van der Waals surface area contributed by atoms with Gasteiger partial charge in [0.1, 0.15) is 6.04 Å². The molecule has 1 rings (SSSR count). The third-order valence-electron chi connectivity index (χ3n) is 2.97. The first kappa shape index (κ1) is 17.5. The Kier molecular flexibility index (Phi) is 5.02. The maximum atomic E-state index is 12.8. The lowest BCUT2D eigenvalue weighted by Gasteiger charge is -2.18. The van der Waals surface area contributed by atoms with E-state index in [1.54, 1.807) is 19.9 Å². The maximum absolute atomic E-state index is 12.8. The number of hydrogen-bond acceptors (Lipinski definition) is 3. The van der Waals surface area contributed by atoms with E-state index < -0.39 is 38.3 Å². The van der Waals surface area contributed by atoms with Gasteiger partial charge in [0, 0.05) is 0 Å². The summed E-state index contributed by atoms with van der Waals surface area (Å²) in [7, 11) is -4.20. The molecule has 116 valence electrons. The minimum absolute atomic E-state index is 0.309. The number of rotatable bonds is 4. The van der Waals surface area contributed by atoms with Crippen LogP contribution in [0.1, 0.15) is 25.0 Å². The fourth-order valence-corrected chi connectivity index (χ4v) is 3.31. The minimum atomic E-state index is -4.64. The molecule has 0 aliphatic carbocycles. The van der Waals surface area contributed by atoms with Gasteiger partial charge < -0.3 is 0 Å². The number of hydrogen-bond donors (Lipinski definition) is 1. The van der Waals surface area contributed by atoms with Crippen LogP contribution in [0.2, 0.25) is 0 Å². The van der Waals surface area contributed by atoms with E-state index in [1.165, 1.54) is 0 Å². The summed E-state index contributed by atoms with van der Waals surface area (Å²) in [6.07, 6.45) is -4.64. The Hall–Kier alpha value is -1.59. The molecule has 0 aromatic heterocycles. The van der Waals surface area contributed by atoms with Crippen molar-refractivity contribution in [3.05, 3.63) is 29.3 Å². The highest BCUT2D eigenvalue weighted by Gasteiger charge is 2.35. The van der Waals surface area contributed by atoms with Gasteiger partial charge in [-0.1, -0.05) is 19.9 Å². The highest BCUT2D eigenvalue weighted by Crippen LogP contribution is 2.34. The summed E-state index contributed by atoms with van der Waals surface area (Å²) >= 11 is 0. The van der Waals surface area contributed by atoms with Crippen LogP contribution in [-0.2, 0) is 16.2 Å². The number of nitrogens with zero attached hydrogens (tertiary/aromatic N) is 1. The van der Waals surface area contributed by atoms with Gasteiger partial charge >= 0.3 is 6.18 Å². The zero-order valence-corrected chi connectivity index (χ0v) is 12.5. The SMILES string of the molecule is Cc1c(C(F)(F)F)cccc1S(=O)(=O)NC(C#N)C(C)C. The van der Waals surface area contributed by atoms with Crippen LogP contribution in [0.25, 0.3) is 0 Å². The molecule has 1 unspecified atom stereocenters. The van der Waals surface area contributed by atoms with Gasteiger partial charge in [-0.05, 0) is 30.5 Å². The van der Waals surface area contributed by atoms with Crippen LogP contribution in [-0.4, -0.2) is 14.5 Å². The molecule has 8 heteroatoms. The van der Waals surface area contributed by atoms with E-state index in [2.05, 4.69) is 4.72 Å². The molecule has 0 radical (unpaired) electrons. The molecule has 1 aromatic carbocycles. The summed E-state index contributed by atoms with van der Waals surface area (Å²) in [6, 6.07) is 3.70. The maximum Gasteiger partial charge on any atom is 0.416 e. The Bertz CT molecular complexity index is 661. The van der Waals surface area contributed by atoms with E-state index in [0.717, 1.165) is 25.1 Å². The normalized spacial score (nSPS) is 14.0. The fourth-order valence-electron chi connectivity index (χ4n) is 1.75. The summed E-state index contributed by atoms with van der Waals surface area (Å²) < 4.78 is 64.9. The molecule has 1 N–H and O–H groups in total. The number of sulfonamides is 1. The minimum Gasteiger partial charge on any atom is -0.207 e. The molecule has 0 bridgehead atoms. The predicted octanol–water partition coefficient (Wildman–Crippen LogP) is 2.84. The number of benzene rings is 1. The molecule has 0 saturated heterocycles. The van der Waals surface area contributed by atoms with E-state index in [4.69, 9.17) is 5.26 Å². The first-order valence-corrected chi connectivity index (χ1v) is 7.57. The number of nitrogens with one attached hydrogen (secondary N) is 1. The standard InChI is InChI=1S/C13H15F3N2O2S/c1-8(2)11(7-17)18-21(19,20)12-6-4-5-10(9(12)3)13(14,15)16/h4-6,8,11,18H,1-3H3. The van der Waals surface area contributed by atoms with Crippen LogP contribution in [0.3, 0.4) is 0 Å². The highest BCUT2D eigenvalue weighted by atomic mass is 32.2. The van der Waals surface area contributed by atoms with E-state index >= 15 is 0 Å². The molecule has 0 saturated carbocycles. The lowest BCUT2D eigenvalue weighted by atomic mass is 10.1. The van der Waals surface area contributed by atoms with Crippen LogP contribution < -0.4 is 4.72 Å². The summed E-state index contributed by atoms with van der Waals surface area (Å²) in [4.78, 5) is -0.474. The van der Waals surface area contributed by atoms with Crippen molar-refractivity contribution in [2.75, 3.05) is 0 Å². The van der Waals surface area contributed by atoms with Crippen LogP contribution >= 0.6 is 0 Å². The average Bonchev–Trinajstić information content (AvgIpc) is 2.34. The Morgan fingerprint density at radius 2 is 1.86 bits per heavy atom. The second kappa shape index (κ2) is 6.03. The van der Waals surface area contributed by atoms with Crippen molar-refractivity contribution in [3.8, 4) is 6.07 Å². The Morgan fingerprint density at radius 1 is 1.29 bits per heavy atom. The van der Waals surface area contributed by atoms with Gasteiger partial charge in [-0.2, -0.15) is 23.2 Å². The van der Waals surface area contributed by atoms with Crippen molar-refractivity contribution >= 4 is 10.0 Å². The summed E-state index contributed by atoms with van der Waals surface area (Å²) in [5.74, 6) is -0.309. The van der Waals surface area contributed by atoms with E-state index in [1.807, 2.05) is 0 Å². The number of halogens is 3. The smallest absolute Gasteiger partial charge is 0.207 e. The second-order valence-electron chi connectivity index (χ2n) is 4.90. The molecule has 0 amide bonds. The lowest BCUT2D eigenvalue weighted by molar-refractivity contribution is -0.138. The fraction of sp³-hybridized carbons (Fsp3) is 0.462. The van der Waals surface area contributed by atoms with Crippen LogP contribution in [0, 0.1) is 24.2 Å². The van der Waals surface area contributed by atoms with Gasteiger partial charge in [0.05, 0.1) is 16.5 Å². The van der Waals surface area contributed by atoms with Gasteiger partial charge in [-0.3, -0.25) is 0 Å². The molecule has 0 fully saturated rings. The zero-order valence-electron chi connectivity index (χ0n) is 11.7. The summed E-state index contributed by atoms with van der Waals surface area (Å²) in [6.45, 7) is 4.36. The van der Waals surface area contributed by atoms with Crippen molar-refractivity contribution in [1.82, 2.24) is 4.72 Å². The second-order valence-corrected chi connectivity index (χ2v) is 6.58. The Morgan fingerprint density at radius 3 is 2.29 bits per heavy atom. The van der Waals surface area contributed by atoms with Crippen molar-refractivity contribution in [3.63, 3.8) is 0 Å². The van der Waals surface area contributed by atoms with Gasteiger partial charge in [-0.15, -0.1) is 0 Å². The van der Waals surface area contributed by atoms with Crippen molar-refractivity contribution in [2.45, 2.75) is 37.9 Å². The first-order chi connectivity index (χ1) is 9.50. The topological polar surface area (TPSA) is 70.0 Å². The average molecular weight is 320 g/mol. The van der Waals surface area contributed by atoms with Gasteiger partial charge in [0.2, 0.25) is 10.0 Å². The number of alkyl halides is 3. The monoisotopic (exact) mass is 320 g/mol. The molecule has 0 spiro atoms. The van der Waals surface area contributed by atoms with Crippen LogP contribution in [0.4, 0.5) is 13.2 Å². The van der Waals surface area contributed by atoms with Crippen LogP contribution in [0.5, 0.6) is 0 Å². The largest absolute Gasteiger partial charge is 0.416 e. The van der Waals surface area contributed by atoms with Crippen molar-refractivity contribution < 1.29 is 21.6 Å². The van der Waals surface area contributed by atoms with E-state index in [9.17, 15) is 21.6 Å². The molecule has 21 heavy (non-hydrogen) atoms. The third kappa shape index (κ3) is 3.95. The first-order valence-electron chi connectivity index (χ1n) is 6.09. The third-order valence-corrected chi connectivity index (χ3v) is 4.55. The molecular formula is C13H15F3N2O2S. The quantitative estimate of drug-likeness (QED) is 0.927. The molecule has 0 heterocycles. The molecule has 4 nitrogen and oxygen atoms in total. The number of nitriles is 1. The van der Waals surface area contributed by atoms with Crippen molar-refractivity contribution in [2.24, 2.45) is 5.92 Å². The zero-order chi connectivity index (χ0) is 16.4. The molecular weight excluding hydrogens is 305 g/mol.